The second kappa shape index (κ2) is 5.23. The first-order valence-electron chi connectivity index (χ1n) is 5.34. The molecule has 0 bridgehead atoms. The first kappa shape index (κ1) is 11.3. The van der Waals surface area contributed by atoms with E-state index in [2.05, 4.69) is 21.4 Å². The molecule has 5 nitrogen and oxygen atoms in total. The van der Waals surface area contributed by atoms with Crippen molar-refractivity contribution in [2.24, 2.45) is 0 Å². The molecular weight excluding hydrogens is 216 g/mol. The number of nitrogens with one attached hydrogen (secondary N) is 1. The molecule has 2 heterocycles. The van der Waals surface area contributed by atoms with Crippen LogP contribution in [0.1, 0.15) is 12.0 Å². The van der Waals surface area contributed by atoms with Gasteiger partial charge in [-0.05, 0) is 18.6 Å². The molecule has 0 aliphatic rings. The largest absolute Gasteiger partial charge is 0.396 e. The van der Waals surface area contributed by atoms with E-state index in [1.165, 1.54) is 6.20 Å². The Balaban J connectivity index is 2.26. The third-order valence-electron chi connectivity index (χ3n) is 2.34. The van der Waals surface area contributed by atoms with Crippen LogP contribution in [0.3, 0.4) is 0 Å². The zero-order valence-electron chi connectivity index (χ0n) is 9.22. The van der Waals surface area contributed by atoms with E-state index in [-0.39, 0.29) is 6.61 Å². The monoisotopic (exact) mass is 228 g/mol. The predicted molar refractivity (Wildman–Crippen MR) is 64.4 cm³/mol. The van der Waals surface area contributed by atoms with E-state index < -0.39 is 0 Å². The molecule has 0 saturated carbocycles. The number of aliphatic hydroxyl groups excluding tert-OH is 1. The van der Waals surface area contributed by atoms with Crippen LogP contribution in [0.5, 0.6) is 0 Å². The molecule has 5 heteroatoms. The Bertz CT molecular complexity index is 562. The standard InChI is InChI=1S/C12H12N4O/c13-6-9-4-10-5-12(14-2-1-3-17)16-8-11(10)15-7-9/h4-5,7-8,17H,1-3H2,(H,14,16). The molecule has 86 valence electrons. The van der Waals surface area contributed by atoms with Crippen LogP contribution < -0.4 is 5.32 Å². The van der Waals surface area contributed by atoms with Crippen LogP contribution in [-0.4, -0.2) is 28.2 Å². The quantitative estimate of drug-likeness (QED) is 0.771. The maximum absolute atomic E-state index is 8.79. The lowest BCUT2D eigenvalue weighted by Gasteiger charge is -2.05. The zero-order chi connectivity index (χ0) is 12.1. The third kappa shape index (κ3) is 2.68. The molecule has 2 aromatic rings. The highest BCUT2D eigenvalue weighted by molar-refractivity contribution is 5.81. The number of anilines is 1. The lowest BCUT2D eigenvalue weighted by molar-refractivity contribution is 0.292. The molecule has 2 rings (SSSR count). The average molecular weight is 228 g/mol. The zero-order valence-corrected chi connectivity index (χ0v) is 9.22. The number of nitrogens with zero attached hydrogens (tertiary/aromatic N) is 3. The highest BCUT2D eigenvalue weighted by Crippen LogP contribution is 2.15. The van der Waals surface area contributed by atoms with Gasteiger partial charge in [-0.2, -0.15) is 5.26 Å². The summed E-state index contributed by atoms with van der Waals surface area (Å²) in [5, 5.41) is 21.4. The van der Waals surface area contributed by atoms with Gasteiger partial charge in [0.05, 0.1) is 17.3 Å². The van der Waals surface area contributed by atoms with E-state index in [1.807, 2.05) is 6.07 Å². The lowest BCUT2D eigenvalue weighted by atomic mass is 10.2. The highest BCUT2D eigenvalue weighted by Gasteiger charge is 2.00. The Morgan fingerprint density at radius 1 is 1.29 bits per heavy atom. The van der Waals surface area contributed by atoms with Gasteiger partial charge in [-0.25, -0.2) is 4.98 Å². The van der Waals surface area contributed by atoms with Crippen molar-refractivity contribution in [1.82, 2.24) is 9.97 Å². The molecule has 2 N–H and O–H groups in total. The Kier molecular flexibility index (Phi) is 3.48. The maximum Gasteiger partial charge on any atom is 0.126 e. The van der Waals surface area contributed by atoms with Crippen LogP contribution in [0.15, 0.2) is 24.5 Å². The van der Waals surface area contributed by atoms with Crippen molar-refractivity contribution in [2.75, 3.05) is 18.5 Å². The summed E-state index contributed by atoms with van der Waals surface area (Å²) >= 11 is 0. The minimum absolute atomic E-state index is 0.153. The molecule has 17 heavy (non-hydrogen) atoms. The van der Waals surface area contributed by atoms with Crippen LogP contribution >= 0.6 is 0 Å². The van der Waals surface area contributed by atoms with Gasteiger partial charge in [0, 0.05) is 24.7 Å². The van der Waals surface area contributed by atoms with Crippen molar-refractivity contribution in [1.29, 1.82) is 5.26 Å². The van der Waals surface area contributed by atoms with Gasteiger partial charge in [-0.3, -0.25) is 4.98 Å². The summed E-state index contributed by atoms with van der Waals surface area (Å²) in [5.41, 5.74) is 1.29. The number of nitriles is 1. The predicted octanol–water partition coefficient (Wildman–Crippen LogP) is 1.30. The fraction of sp³-hybridized carbons (Fsp3) is 0.250. The van der Waals surface area contributed by atoms with Crippen LogP contribution in [-0.2, 0) is 0 Å². The van der Waals surface area contributed by atoms with Crippen LogP contribution in [0.25, 0.3) is 10.9 Å². The molecule has 0 atom stereocenters. The molecule has 0 aromatic carbocycles. The van der Waals surface area contributed by atoms with Gasteiger partial charge in [0.1, 0.15) is 11.9 Å². The van der Waals surface area contributed by atoms with Gasteiger partial charge >= 0.3 is 0 Å². The molecule has 0 amide bonds. The Labute approximate surface area is 98.7 Å². The van der Waals surface area contributed by atoms with Crippen molar-refractivity contribution in [3.8, 4) is 6.07 Å². The van der Waals surface area contributed by atoms with E-state index in [0.29, 0.717) is 18.5 Å². The Morgan fingerprint density at radius 2 is 2.18 bits per heavy atom. The van der Waals surface area contributed by atoms with Gasteiger partial charge in [-0.15, -0.1) is 0 Å². The van der Waals surface area contributed by atoms with Gasteiger partial charge in [0.25, 0.3) is 0 Å². The number of hydrogen-bond acceptors (Lipinski definition) is 5. The summed E-state index contributed by atoms with van der Waals surface area (Å²) in [5.74, 6) is 0.725. The number of aromatic nitrogens is 2. The lowest BCUT2D eigenvalue weighted by Crippen LogP contribution is -2.04. The summed E-state index contributed by atoms with van der Waals surface area (Å²) < 4.78 is 0. The molecule has 0 aliphatic heterocycles. The number of aliphatic hydroxyl groups is 1. The summed E-state index contributed by atoms with van der Waals surface area (Å²) in [6, 6.07) is 5.68. The summed E-state index contributed by atoms with van der Waals surface area (Å²) in [6.07, 6.45) is 3.87. The van der Waals surface area contributed by atoms with Gasteiger partial charge < -0.3 is 10.4 Å². The molecule has 0 aliphatic carbocycles. The van der Waals surface area contributed by atoms with E-state index in [1.54, 1.807) is 12.3 Å². The minimum Gasteiger partial charge on any atom is -0.396 e. The second-order valence-corrected chi connectivity index (χ2v) is 3.60. The summed E-state index contributed by atoms with van der Waals surface area (Å²) in [6.45, 7) is 0.821. The van der Waals surface area contributed by atoms with E-state index in [0.717, 1.165) is 16.7 Å². The van der Waals surface area contributed by atoms with E-state index >= 15 is 0 Å². The first-order chi connectivity index (χ1) is 8.33. The first-order valence-corrected chi connectivity index (χ1v) is 5.34. The Morgan fingerprint density at radius 3 is 2.94 bits per heavy atom. The van der Waals surface area contributed by atoms with Crippen molar-refractivity contribution in [2.45, 2.75) is 6.42 Å². The maximum atomic E-state index is 8.79. The van der Waals surface area contributed by atoms with Crippen LogP contribution in [0, 0.1) is 11.3 Å². The van der Waals surface area contributed by atoms with Gasteiger partial charge in [0.15, 0.2) is 0 Å². The molecule has 0 spiro atoms. The van der Waals surface area contributed by atoms with Crippen molar-refractivity contribution in [3.05, 3.63) is 30.1 Å². The normalized spacial score (nSPS) is 10.1. The number of pyridine rings is 2. The molecule has 0 unspecified atom stereocenters. The Hall–Kier alpha value is -2.19. The van der Waals surface area contributed by atoms with Crippen molar-refractivity contribution < 1.29 is 5.11 Å². The van der Waals surface area contributed by atoms with E-state index in [4.69, 9.17) is 10.4 Å². The molecule has 0 fully saturated rings. The second-order valence-electron chi connectivity index (χ2n) is 3.60. The smallest absolute Gasteiger partial charge is 0.126 e. The number of fused-ring (bicyclic) bond motifs is 1. The summed E-state index contributed by atoms with van der Waals surface area (Å²) in [4.78, 5) is 8.33. The number of rotatable bonds is 4. The minimum atomic E-state index is 0.153. The fourth-order valence-corrected chi connectivity index (χ4v) is 1.48. The van der Waals surface area contributed by atoms with Crippen molar-refractivity contribution in [3.63, 3.8) is 0 Å². The number of hydrogen-bond donors (Lipinski definition) is 2. The SMILES string of the molecule is N#Cc1cnc2cnc(NCCCO)cc2c1. The summed E-state index contributed by atoms with van der Waals surface area (Å²) in [7, 11) is 0. The molecule has 0 saturated heterocycles. The van der Waals surface area contributed by atoms with E-state index in [9.17, 15) is 0 Å². The third-order valence-corrected chi connectivity index (χ3v) is 2.34. The van der Waals surface area contributed by atoms with Gasteiger partial charge in [-0.1, -0.05) is 0 Å². The average Bonchev–Trinajstić information content (AvgIpc) is 2.38. The molecule has 2 aromatic heterocycles. The fourth-order valence-electron chi connectivity index (χ4n) is 1.48. The van der Waals surface area contributed by atoms with Crippen LogP contribution in [0.2, 0.25) is 0 Å². The van der Waals surface area contributed by atoms with Gasteiger partial charge in [0.2, 0.25) is 0 Å². The highest BCUT2D eigenvalue weighted by atomic mass is 16.3. The van der Waals surface area contributed by atoms with Crippen molar-refractivity contribution >= 4 is 16.7 Å². The topological polar surface area (TPSA) is 81.8 Å². The molecule has 0 radical (unpaired) electrons. The molecular formula is C12H12N4O. The van der Waals surface area contributed by atoms with Crippen LogP contribution in [0.4, 0.5) is 5.82 Å².